The highest BCUT2D eigenvalue weighted by Gasteiger charge is 2.27. The molecular weight excluding hydrogens is 358 g/mol. The van der Waals surface area contributed by atoms with Gasteiger partial charge in [0.05, 0.1) is 5.69 Å². The number of piperazine rings is 2. The molecule has 0 aliphatic carbocycles. The summed E-state index contributed by atoms with van der Waals surface area (Å²) in [6.45, 7) is 10.4. The number of hydrogen-bond acceptors (Lipinski definition) is 8. The second kappa shape index (κ2) is 7.75. The first-order valence-corrected chi connectivity index (χ1v) is 9.77. The fourth-order valence-corrected chi connectivity index (χ4v) is 3.78. The van der Waals surface area contributed by atoms with Crippen LogP contribution in [0, 0.1) is 13.8 Å². The van der Waals surface area contributed by atoms with Gasteiger partial charge in [0.2, 0.25) is 0 Å². The van der Waals surface area contributed by atoms with E-state index in [1.54, 1.807) is 13.8 Å². The first-order chi connectivity index (χ1) is 13.5. The first kappa shape index (κ1) is 18.7. The van der Waals surface area contributed by atoms with Crippen LogP contribution in [0.3, 0.4) is 0 Å². The minimum Gasteiger partial charge on any atom is -0.361 e. The van der Waals surface area contributed by atoms with Crippen LogP contribution in [0.4, 0.5) is 11.6 Å². The highest BCUT2D eigenvalue weighted by Crippen LogP contribution is 2.20. The zero-order valence-corrected chi connectivity index (χ0v) is 16.8. The Kier molecular flexibility index (Phi) is 5.17. The SMILES string of the molecule is Cc1noc(C)c1C(=O)N1CCN(c2ccc(N3CCN(C)CC3)nn2)CC1. The Morgan fingerprint density at radius 2 is 1.43 bits per heavy atom. The summed E-state index contributed by atoms with van der Waals surface area (Å²) in [5.41, 5.74) is 1.24. The van der Waals surface area contributed by atoms with Crippen molar-refractivity contribution in [1.82, 2.24) is 25.2 Å². The molecule has 0 aromatic carbocycles. The van der Waals surface area contributed by atoms with Gasteiger partial charge in [-0.1, -0.05) is 5.16 Å². The van der Waals surface area contributed by atoms with Gasteiger partial charge in [-0.2, -0.15) is 0 Å². The van der Waals surface area contributed by atoms with Gasteiger partial charge >= 0.3 is 0 Å². The van der Waals surface area contributed by atoms with Crippen molar-refractivity contribution in [1.29, 1.82) is 0 Å². The number of aryl methyl sites for hydroxylation is 2. The molecule has 0 N–H and O–H groups in total. The predicted molar refractivity (Wildman–Crippen MR) is 106 cm³/mol. The maximum absolute atomic E-state index is 12.8. The molecule has 9 nitrogen and oxygen atoms in total. The molecule has 1 amide bonds. The van der Waals surface area contributed by atoms with Crippen molar-refractivity contribution < 1.29 is 9.32 Å². The summed E-state index contributed by atoms with van der Waals surface area (Å²) in [5.74, 6) is 2.37. The summed E-state index contributed by atoms with van der Waals surface area (Å²) < 4.78 is 5.13. The Morgan fingerprint density at radius 3 is 1.89 bits per heavy atom. The monoisotopic (exact) mass is 385 g/mol. The second-order valence-corrected chi connectivity index (χ2v) is 7.52. The molecule has 0 bridgehead atoms. The predicted octanol–water partition coefficient (Wildman–Crippen LogP) is 0.796. The smallest absolute Gasteiger partial charge is 0.259 e. The third-order valence-corrected chi connectivity index (χ3v) is 5.60. The third-order valence-electron chi connectivity index (χ3n) is 5.60. The summed E-state index contributed by atoms with van der Waals surface area (Å²) in [5, 5.41) is 12.8. The summed E-state index contributed by atoms with van der Waals surface area (Å²) in [6.07, 6.45) is 0. The van der Waals surface area contributed by atoms with Gasteiger partial charge in [0.1, 0.15) is 11.3 Å². The normalized spacial score (nSPS) is 18.6. The molecule has 150 valence electrons. The number of rotatable bonds is 3. The highest BCUT2D eigenvalue weighted by atomic mass is 16.5. The van der Waals surface area contributed by atoms with E-state index in [2.05, 4.69) is 43.2 Å². The van der Waals surface area contributed by atoms with Gasteiger partial charge in [0, 0.05) is 52.4 Å². The Bertz CT molecular complexity index is 800. The summed E-state index contributed by atoms with van der Waals surface area (Å²) >= 11 is 0. The number of aromatic nitrogens is 3. The van der Waals surface area contributed by atoms with E-state index in [0.717, 1.165) is 50.9 Å². The van der Waals surface area contributed by atoms with E-state index in [4.69, 9.17) is 4.52 Å². The molecule has 0 spiro atoms. The van der Waals surface area contributed by atoms with E-state index >= 15 is 0 Å². The standard InChI is InChI=1S/C19H27N7O2/c1-14-18(15(2)28-22-14)19(27)26-12-10-25(11-13-26)17-5-4-16(20-21-17)24-8-6-23(3)7-9-24/h4-5H,6-13H2,1-3H3. The van der Waals surface area contributed by atoms with Crippen molar-refractivity contribution in [2.24, 2.45) is 0 Å². The number of carbonyl (C=O) groups is 1. The maximum atomic E-state index is 12.8. The molecule has 9 heteroatoms. The van der Waals surface area contributed by atoms with Crippen molar-refractivity contribution in [2.45, 2.75) is 13.8 Å². The molecule has 2 aromatic heterocycles. The van der Waals surface area contributed by atoms with E-state index < -0.39 is 0 Å². The minimum atomic E-state index is -0.00704. The lowest BCUT2D eigenvalue weighted by molar-refractivity contribution is 0.0744. The first-order valence-electron chi connectivity index (χ1n) is 9.77. The molecule has 2 aliphatic rings. The molecule has 4 rings (SSSR count). The molecule has 28 heavy (non-hydrogen) atoms. The summed E-state index contributed by atoms with van der Waals surface area (Å²) in [6, 6.07) is 4.08. The fraction of sp³-hybridized carbons (Fsp3) is 0.579. The molecule has 0 saturated carbocycles. The number of amides is 1. The van der Waals surface area contributed by atoms with Crippen LogP contribution in [-0.4, -0.2) is 90.5 Å². The van der Waals surface area contributed by atoms with Crippen LogP contribution in [0.1, 0.15) is 21.8 Å². The number of likely N-dealkylation sites (N-methyl/N-ethyl adjacent to an activating group) is 1. The van der Waals surface area contributed by atoms with Crippen molar-refractivity contribution in [3.8, 4) is 0 Å². The molecular formula is C19H27N7O2. The zero-order chi connectivity index (χ0) is 19.7. The number of anilines is 2. The quantitative estimate of drug-likeness (QED) is 0.767. The van der Waals surface area contributed by atoms with Gasteiger partial charge in [-0.3, -0.25) is 4.79 Å². The van der Waals surface area contributed by atoms with Crippen LogP contribution in [0.15, 0.2) is 16.7 Å². The Hall–Kier alpha value is -2.68. The van der Waals surface area contributed by atoms with Crippen LogP contribution in [0.2, 0.25) is 0 Å². The van der Waals surface area contributed by atoms with Gasteiger partial charge in [-0.25, -0.2) is 0 Å². The van der Waals surface area contributed by atoms with Crippen molar-refractivity contribution in [3.05, 3.63) is 29.2 Å². The van der Waals surface area contributed by atoms with E-state index in [9.17, 15) is 4.79 Å². The lowest BCUT2D eigenvalue weighted by atomic mass is 10.1. The van der Waals surface area contributed by atoms with Crippen LogP contribution in [-0.2, 0) is 0 Å². The molecule has 4 heterocycles. The Labute approximate surface area is 164 Å². The summed E-state index contributed by atoms with van der Waals surface area (Å²) in [7, 11) is 2.14. The maximum Gasteiger partial charge on any atom is 0.259 e. The molecule has 2 aliphatic heterocycles. The van der Waals surface area contributed by atoms with Crippen LogP contribution in [0.5, 0.6) is 0 Å². The number of nitrogens with zero attached hydrogens (tertiary/aromatic N) is 7. The number of hydrogen-bond donors (Lipinski definition) is 0. The molecule has 2 saturated heterocycles. The lowest BCUT2D eigenvalue weighted by Crippen LogP contribution is -2.49. The lowest BCUT2D eigenvalue weighted by Gasteiger charge is -2.35. The average molecular weight is 385 g/mol. The van der Waals surface area contributed by atoms with E-state index in [0.29, 0.717) is 30.1 Å². The van der Waals surface area contributed by atoms with Crippen molar-refractivity contribution in [2.75, 3.05) is 69.2 Å². The topological polar surface area (TPSA) is 81.8 Å². The Balaban J connectivity index is 1.35. The number of carbonyl (C=O) groups excluding carboxylic acids is 1. The molecule has 0 unspecified atom stereocenters. The van der Waals surface area contributed by atoms with Gasteiger partial charge in [-0.15, -0.1) is 10.2 Å². The van der Waals surface area contributed by atoms with Crippen molar-refractivity contribution in [3.63, 3.8) is 0 Å². The zero-order valence-electron chi connectivity index (χ0n) is 16.8. The van der Waals surface area contributed by atoms with Gasteiger partial charge in [-0.05, 0) is 33.0 Å². The van der Waals surface area contributed by atoms with E-state index in [1.807, 2.05) is 11.0 Å². The largest absolute Gasteiger partial charge is 0.361 e. The average Bonchev–Trinajstić information content (AvgIpc) is 3.06. The second-order valence-electron chi connectivity index (χ2n) is 7.52. The van der Waals surface area contributed by atoms with E-state index in [-0.39, 0.29) is 5.91 Å². The Morgan fingerprint density at radius 1 is 0.893 bits per heavy atom. The molecule has 2 fully saturated rings. The minimum absolute atomic E-state index is 0.00704. The molecule has 2 aromatic rings. The molecule has 0 radical (unpaired) electrons. The third kappa shape index (κ3) is 3.66. The fourth-order valence-electron chi connectivity index (χ4n) is 3.78. The van der Waals surface area contributed by atoms with Gasteiger partial charge in [0.15, 0.2) is 11.6 Å². The summed E-state index contributed by atoms with van der Waals surface area (Å²) in [4.78, 5) is 21.4. The van der Waals surface area contributed by atoms with Gasteiger partial charge < -0.3 is 24.1 Å². The van der Waals surface area contributed by atoms with Crippen molar-refractivity contribution >= 4 is 17.5 Å². The van der Waals surface area contributed by atoms with Crippen LogP contribution < -0.4 is 9.80 Å². The molecule has 0 atom stereocenters. The van der Waals surface area contributed by atoms with E-state index in [1.165, 1.54) is 0 Å². The highest BCUT2D eigenvalue weighted by molar-refractivity contribution is 5.96. The van der Waals surface area contributed by atoms with Crippen LogP contribution >= 0.6 is 0 Å². The van der Waals surface area contributed by atoms with Crippen LogP contribution in [0.25, 0.3) is 0 Å². The van der Waals surface area contributed by atoms with Gasteiger partial charge in [0.25, 0.3) is 5.91 Å².